The van der Waals surface area contributed by atoms with E-state index in [1.807, 2.05) is 31.2 Å². The Hall–Kier alpha value is -3.61. The monoisotopic (exact) mass is 391 g/mol. The van der Waals surface area contributed by atoms with E-state index in [2.05, 4.69) is 10.2 Å². The minimum absolute atomic E-state index is 0.193. The van der Waals surface area contributed by atoms with Gasteiger partial charge in [0.1, 0.15) is 5.75 Å². The minimum atomic E-state index is -0.389. The van der Waals surface area contributed by atoms with Crippen LogP contribution in [0.5, 0.6) is 5.75 Å². The number of ether oxygens (including phenoxy) is 2. The van der Waals surface area contributed by atoms with Gasteiger partial charge in [-0.05, 0) is 55.8 Å². The summed E-state index contributed by atoms with van der Waals surface area (Å²) in [6.07, 6.45) is 0. The molecule has 0 aliphatic carbocycles. The van der Waals surface area contributed by atoms with Crippen LogP contribution in [0.1, 0.15) is 50.6 Å². The van der Waals surface area contributed by atoms with Gasteiger partial charge in [0.05, 0.1) is 25.3 Å². The van der Waals surface area contributed by atoms with Crippen molar-refractivity contribution in [1.82, 2.24) is 10.2 Å². The number of fused-ring (bicyclic) bond motifs is 1. The number of H-pyrrole nitrogens is 1. The fourth-order valence-corrected chi connectivity index (χ4v) is 3.66. The molecule has 7 nitrogen and oxygen atoms in total. The fraction of sp³-hybridized carbons (Fsp3) is 0.227. The average molecular weight is 391 g/mol. The maximum absolute atomic E-state index is 13.2. The summed E-state index contributed by atoms with van der Waals surface area (Å²) in [7, 11) is 1.61. The van der Waals surface area contributed by atoms with Gasteiger partial charge in [0.2, 0.25) is 0 Å². The van der Waals surface area contributed by atoms with Crippen LogP contribution < -0.4 is 9.64 Å². The summed E-state index contributed by atoms with van der Waals surface area (Å²) in [6, 6.07) is 14.1. The van der Waals surface area contributed by atoms with Crippen molar-refractivity contribution in [3.63, 3.8) is 0 Å². The summed E-state index contributed by atoms with van der Waals surface area (Å²) in [4.78, 5) is 26.8. The molecule has 4 rings (SSSR count). The highest BCUT2D eigenvalue weighted by Gasteiger charge is 2.42. The maximum atomic E-state index is 13.2. The number of nitrogens with one attached hydrogen (secondary N) is 1. The molecule has 1 aliphatic rings. The van der Waals surface area contributed by atoms with Gasteiger partial charge in [-0.3, -0.25) is 14.8 Å². The Bertz CT molecular complexity index is 1070. The molecular formula is C22H21N3O4. The number of esters is 1. The predicted molar refractivity (Wildman–Crippen MR) is 107 cm³/mol. The molecule has 1 aliphatic heterocycles. The number of hydrogen-bond acceptors (Lipinski definition) is 5. The molecule has 0 fully saturated rings. The summed E-state index contributed by atoms with van der Waals surface area (Å²) in [5, 5.41) is 7.14. The van der Waals surface area contributed by atoms with E-state index < -0.39 is 0 Å². The molecule has 0 unspecified atom stereocenters. The van der Waals surface area contributed by atoms with E-state index in [1.165, 1.54) is 0 Å². The smallest absolute Gasteiger partial charge is 0.338 e. The Labute approximate surface area is 168 Å². The number of aromatic nitrogens is 2. The van der Waals surface area contributed by atoms with Gasteiger partial charge in [-0.2, -0.15) is 5.10 Å². The van der Waals surface area contributed by atoms with Gasteiger partial charge in [-0.25, -0.2) is 4.79 Å². The van der Waals surface area contributed by atoms with E-state index in [9.17, 15) is 9.59 Å². The van der Waals surface area contributed by atoms with E-state index in [0.29, 0.717) is 29.3 Å². The van der Waals surface area contributed by atoms with E-state index in [-0.39, 0.29) is 17.9 Å². The van der Waals surface area contributed by atoms with Crippen molar-refractivity contribution in [2.45, 2.75) is 19.9 Å². The summed E-state index contributed by atoms with van der Waals surface area (Å²) < 4.78 is 10.4. The zero-order chi connectivity index (χ0) is 20.5. The van der Waals surface area contributed by atoms with E-state index in [4.69, 9.17) is 9.47 Å². The average Bonchev–Trinajstić information content (AvgIpc) is 3.26. The van der Waals surface area contributed by atoms with Crippen molar-refractivity contribution in [1.29, 1.82) is 0 Å². The zero-order valence-corrected chi connectivity index (χ0v) is 16.4. The molecule has 1 aromatic heterocycles. The van der Waals surface area contributed by atoms with Crippen LogP contribution in [-0.4, -0.2) is 35.8 Å². The summed E-state index contributed by atoms with van der Waals surface area (Å²) >= 11 is 0. The highest BCUT2D eigenvalue weighted by molar-refractivity contribution is 6.10. The molecule has 1 amide bonds. The van der Waals surface area contributed by atoms with Crippen LogP contribution >= 0.6 is 0 Å². The van der Waals surface area contributed by atoms with Gasteiger partial charge in [0.15, 0.2) is 5.69 Å². The van der Waals surface area contributed by atoms with Crippen LogP contribution in [0.25, 0.3) is 0 Å². The second-order valence-electron chi connectivity index (χ2n) is 6.73. The molecule has 0 saturated heterocycles. The lowest BCUT2D eigenvalue weighted by Gasteiger charge is -2.26. The number of amides is 1. The fourth-order valence-electron chi connectivity index (χ4n) is 3.66. The first-order valence-electron chi connectivity index (χ1n) is 9.34. The van der Waals surface area contributed by atoms with E-state index >= 15 is 0 Å². The summed E-state index contributed by atoms with van der Waals surface area (Å²) in [5.74, 6) is 0.128. The highest BCUT2D eigenvalue weighted by atomic mass is 16.5. The largest absolute Gasteiger partial charge is 0.497 e. The number of nitrogens with zero attached hydrogens (tertiary/aromatic N) is 2. The van der Waals surface area contributed by atoms with Crippen molar-refractivity contribution in [2.75, 3.05) is 18.6 Å². The van der Waals surface area contributed by atoms with Gasteiger partial charge in [-0.15, -0.1) is 0 Å². The third-order valence-corrected chi connectivity index (χ3v) is 5.01. The Morgan fingerprint density at radius 1 is 1.21 bits per heavy atom. The normalized spacial score (nSPS) is 15.3. The van der Waals surface area contributed by atoms with Crippen LogP contribution in [0.2, 0.25) is 0 Å². The van der Waals surface area contributed by atoms with Gasteiger partial charge in [0, 0.05) is 16.9 Å². The number of hydrogen-bond donors (Lipinski definition) is 1. The van der Waals surface area contributed by atoms with Gasteiger partial charge < -0.3 is 9.47 Å². The third-order valence-electron chi connectivity index (χ3n) is 5.01. The van der Waals surface area contributed by atoms with Crippen molar-refractivity contribution >= 4 is 17.6 Å². The quantitative estimate of drug-likeness (QED) is 0.671. The minimum Gasteiger partial charge on any atom is -0.497 e. The van der Waals surface area contributed by atoms with Crippen molar-refractivity contribution in [2.24, 2.45) is 0 Å². The first kappa shape index (κ1) is 18.7. The standard InChI is InChI=1S/C22H21N3O4/c1-4-29-22(27)14-8-10-16(11-9-14)25-20(15-6-5-7-17(12-15)28-3)18-13(2)23-24-19(18)21(25)26/h5-12,20H,4H2,1-3H3,(H,23,24)/t20-/m0/s1. The molecule has 0 radical (unpaired) electrons. The van der Waals surface area contributed by atoms with Crippen molar-refractivity contribution in [3.05, 3.63) is 76.6 Å². The predicted octanol–water partition coefficient (Wildman–Crippen LogP) is 3.65. The molecule has 1 N–H and O–H groups in total. The molecule has 29 heavy (non-hydrogen) atoms. The Morgan fingerprint density at radius 2 is 1.97 bits per heavy atom. The Morgan fingerprint density at radius 3 is 2.66 bits per heavy atom. The number of methoxy groups -OCH3 is 1. The first-order valence-corrected chi connectivity index (χ1v) is 9.34. The highest BCUT2D eigenvalue weighted by Crippen LogP contribution is 2.42. The molecule has 3 aromatic rings. The number of aryl methyl sites for hydroxylation is 1. The topological polar surface area (TPSA) is 84.5 Å². The number of carbonyl (C=O) groups is 2. The van der Waals surface area contributed by atoms with Gasteiger partial charge in [-0.1, -0.05) is 12.1 Å². The molecule has 2 aromatic carbocycles. The Kier molecular flexibility index (Phi) is 4.80. The molecule has 7 heteroatoms. The Balaban J connectivity index is 1.79. The summed E-state index contributed by atoms with van der Waals surface area (Å²) in [6.45, 7) is 3.97. The van der Waals surface area contributed by atoms with Crippen LogP contribution in [0.3, 0.4) is 0 Å². The number of benzene rings is 2. The second kappa shape index (κ2) is 7.43. The van der Waals surface area contributed by atoms with Crippen LogP contribution in [0.15, 0.2) is 48.5 Å². The molecule has 148 valence electrons. The van der Waals surface area contributed by atoms with E-state index in [1.54, 1.807) is 43.2 Å². The molecular weight excluding hydrogens is 370 g/mol. The van der Waals surface area contributed by atoms with E-state index in [0.717, 1.165) is 16.8 Å². The molecule has 0 saturated carbocycles. The molecule has 2 heterocycles. The van der Waals surface area contributed by atoms with Gasteiger partial charge >= 0.3 is 5.97 Å². The third kappa shape index (κ3) is 3.14. The number of aromatic amines is 1. The van der Waals surface area contributed by atoms with Crippen LogP contribution in [-0.2, 0) is 4.74 Å². The second-order valence-corrected chi connectivity index (χ2v) is 6.73. The lowest BCUT2D eigenvalue weighted by atomic mass is 9.98. The van der Waals surface area contributed by atoms with Crippen molar-refractivity contribution in [3.8, 4) is 5.75 Å². The lowest BCUT2D eigenvalue weighted by Crippen LogP contribution is -2.29. The maximum Gasteiger partial charge on any atom is 0.338 e. The van der Waals surface area contributed by atoms with Crippen molar-refractivity contribution < 1.29 is 19.1 Å². The lowest BCUT2D eigenvalue weighted by molar-refractivity contribution is 0.0526. The van der Waals surface area contributed by atoms with Crippen LogP contribution in [0.4, 0.5) is 5.69 Å². The first-order chi connectivity index (χ1) is 14.0. The molecule has 0 spiro atoms. The SMILES string of the molecule is CCOC(=O)c1ccc(N2C(=O)c3n[nH]c(C)c3[C@@H]2c2cccc(OC)c2)cc1. The zero-order valence-electron chi connectivity index (χ0n) is 16.4. The molecule has 1 atom stereocenters. The number of carbonyl (C=O) groups excluding carboxylic acids is 2. The summed E-state index contributed by atoms with van der Waals surface area (Å²) in [5.41, 5.74) is 4.12. The van der Waals surface area contributed by atoms with Gasteiger partial charge in [0.25, 0.3) is 5.91 Å². The molecule has 0 bridgehead atoms. The number of rotatable bonds is 5. The number of anilines is 1. The van der Waals surface area contributed by atoms with Crippen LogP contribution in [0, 0.1) is 6.92 Å².